The van der Waals surface area contributed by atoms with Crippen LogP contribution in [0.2, 0.25) is 0 Å². The molecule has 1 heterocycles. The molecule has 1 amide bonds. The predicted octanol–water partition coefficient (Wildman–Crippen LogP) is 0.872. The quantitative estimate of drug-likeness (QED) is 0.801. The molecule has 1 aliphatic heterocycles. The summed E-state index contributed by atoms with van der Waals surface area (Å²) in [6.45, 7) is 3.50. The number of carbonyl (C=O) groups is 2. The topological polar surface area (TPSA) is 67.4 Å². The molecule has 3 atom stereocenters. The van der Waals surface area contributed by atoms with Crippen molar-refractivity contribution >= 4 is 11.9 Å². The van der Waals surface area contributed by atoms with Gasteiger partial charge in [0, 0.05) is 6.54 Å². The lowest BCUT2D eigenvalue weighted by Gasteiger charge is -2.20. The van der Waals surface area contributed by atoms with E-state index in [0.29, 0.717) is 6.54 Å². The Balaban J connectivity index is 2.12. The molecule has 1 aromatic rings. The lowest BCUT2D eigenvalue weighted by molar-refractivity contribution is -0.145. The molecule has 2 N–H and O–H groups in total. The first kappa shape index (κ1) is 14.5. The maximum absolute atomic E-state index is 12.3. The zero-order valence-electron chi connectivity index (χ0n) is 11.8. The fraction of sp³-hybridized carbons (Fsp3) is 0.467. The Morgan fingerprint density at radius 2 is 2.00 bits per heavy atom. The Morgan fingerprint density at radius 1 is 1.30 bits per heavy atom. The fourth-order valence-corrected chi connectivity index (χ4v) is 2.45. The van der Waals surface area contributed by atoms with E-state index in [4.69, 9.17) is 4.74 Å². The van der Waals surface area contributed by atoms with Gasteiger partial charge in [-0.3, -0.25) is 4.79 Å². The van der Waals surface area contributed by atoms with E-state index >= 15 is 0 Å². The molecule has 0 aliphatic carbocycles. The molecule has 0 radical (unpaired) electrons. The van der Waals surface area contributed by atoms with Crippen molar-refractivity contribution in [2.75, 3.05) is 20.2 Å². The Hall–Kier alpha value is -1.88. The van der Waals surface area contributed by atoms with Crippen molar-refractivity contribution < 1.29 is 14.3 Å². The van der Waals surface area contributed by atoms with Gasteiger partial charge in [-0.15, -0.1) is 0 Å². The highest BCUT2D eigenvalue weighted by Gasteiger charge is 2.32. The van der Waals surface area contributed by atoms with Crippen LogP contribution in [0.1, 0.15) is 18.5 Å². The molecule has 20 heavy (non-hydrogen) atoms. The predicted molar refractivity (Wildman–Crippen MR) is 74.9 cm³/mol. The molecule has 108 valence electrons. The van der Waals surface area contributed by atoms with Crippen molar-refractivity contribution in [2.24, 2.45) is 11.8 Å². The molecule has 1 saturated heterocycles. The van der Waals surface area contributed by atoms with Crippen LogP contribution in [0.25, 0.3) is 0 Å². The smallest absolute Gasteiger partial charge is 0.333 e. The second-order valence-corrected chi connectivity index (χ2v) is 5.12. The normalized spacial score (nSPS) is 23.1. The van der Waals surface area contributed by atoms with Gasteiger partial charge in [0.15, 0.2) is 6.04 Å². The molecule has 0 aromatic heterocycles. The summed E-state index contributed by atoms with van der Waals surface area (Å²) in [4.78, 5) is 24.2. The lowest BCUT2D eigenvalue weighted by atomic mass is 9.96. The van der Waals surface area contributed by atoms with Gasteiger partial charge in [-0.25, -0.2) is 4.79 Å². The standard InChI is InChI=1S/C15H20N2O3/c1-10-8-16-9-12(10)14(18)17-13(15(19)20-2)11-6-4-3-5-7-11/h3-7,10,12-13,16H,8-9H2,1-2H3,(H,17,18). The van der Waals surface area contributed by atoms with Gasteiger partial charge >= 0.3 is 5.97 Å². The van der Waals surface area contributed by atoms with Crippen LogP contribution in [0.15, 0.2) is 30.3 Å². The van der Waals surface area contributed by atoms with Crippen molar-refractivity contribution in [3.05, 3.63) is 35.9 Å². The van der Waals surface area contributed by atoms with E-state index in [1.165, 1.54) is 7.11 Å². The molecule has 0 spiro atoms. The van der Waals surface area contributed by atoms with Crippen LogP contribution in [0.4, 0.5) is 0 Å². The van der Waals surface area contributed by atoms with E-state index in [1.54, 1.807) is 12.1 Å². The van der Waals surface area contributed by atoms with E-state index in [2.05, 4.69) is 10.6 Å². The summed E-state index contributed by atoms with van der Waals surface area (Å²) in [6.07, 6.45) is 0. The zero-order chi connectivity index (χ0) is 14.5. The van der Waals surface area contributed by atoms with Gasteiger partial charge in [0.1, 0.15) is 0 Å². The number of hydrogen-bond acceptors (Lipinski definition) is 4. The summed E-state index contributed by atoms with van der Waals surface area (Å²) < 4.78 is 4.79. The number of carbonyl (C=O) groups excluding carboxylic acids is 2. The molecule has 1 aromatic carbocycles. The van der Waals surface area contributed by atoms with Crippen molar-refractivity contribution in [1.29, 1.82) is 0 Å². The van der Waals surface area contributed by atoms with Crippen molar-refractivity contribution in [2.45, 2.75) is 13.0 Å². The Bertz CT molecular complexity index is 475. The van der Waals surface area contributed by atoms with Crippen molar-refractivity contribution in [1.82, 2.24) is 10.6 Å². The number of nitrogens with one attached hydrogen (secondary N) is 2. The monoisotopic (exact) mass is 276 g/mol. The van der Waals surface area contributed by atoms with E-state index < -0.39 is 12.0 Å². The minimum Gasteiger partial charge on any atom is -0.467 e. The van der Waals surface area contributed by atoms with Gasteiger partial charge in [0.25, 0.3) is 0 Å². The Kier molecular flexibility index (Phi) is 4.74. The molecule has 0 bridgehead atoms. The second-order valence-electron chi connectivity index (χ2n) is 5.12. The van der Waals surface area contributed by atoms with Gasteiger partial charge in [-0.05, 0) is 18.0 Å². The van der Waals surface area contributed by atoms with Crippen molar-refractivity contribution in [3.8, 4) is 0 Å². The highest BCUT2D eigenvalue weighted by atomic mass is 16.5. The molecule has 5 nitrogen and oxygen atoms in total. The SMILES string of the molecule is COC(=O)C(NC(=O)C1CNCC1C)c1ccccc1. The first-order valence-electron chi connectivity index (χ1n) is 6.77. The number of methoxy groups -OCH3 is 1. The maximum atomic E-state index is 12.3. The summed E-state index contributed by atoms with van der Waals surface area (Å²) in [5, 5.41) is 5.99. The molecule has 0 saturated carbocycles. The third kappa shape index (κ3) is 3.17. The summed E-state index contributed by atoms with van der Waals surface area (Å²) in [7, 11) is 1.32. The van der Waals surface area contributed by atoms with E-state index in [1.807, 2.05) is 25.1 Å². The van der Waals surface area contributed by atoms with Crippen LogP contribution in [-0.2, 0) is 14.3 Å². The van der Waals surface area contributed by atoms with Crippen LogP contribution in [-0.4, -0.2) is 32.1 Å². The van der Waals surface area contributed by atoms with Crippen LogP contribution in [0, 0.1) is 11.8 Å². The van der Waals surface area contributed by atoms with Crippen LogP contribution in [0.5, 0.6) is 0 Å². The number of ether oxygens (including phenoxy) is 1. The molecule has 1 fully saturated rings. The first-order valence-corrected chi connectivity index (χ1v) is 6.77. The highest BCUT2D eigenvalue weighted by molar-refractivity contribution is 5.87. The van der Waals surface area contributed by atoms with E-state index in [0.717, 1.165) is 12.1 Å². The first-order chi connectivity index (χ1) is 9.63. The highest BCUT2D eigenvalue weighted by Crippen LogP contribution is 2.19. The van der Waals surface area contributed by atoms with E-state index in [-0.39, 0.29) is 17.7 Å². The van der Waals surface area contributed by atoms with E-state index in [9.17, 15) is 9.59 Å². The third-order valence-corrected chi connectivity index (χ3v) is 3.71. The summed E-state index contributed by atoms with van der Waals surface area (Å²) in [5.41, 5.74) is 0.728. The van der Waals surface area contributed by atoms with Gasteiger partial charge in [0.2, 0.25) is 5.91 Å². The second kappa shape index (κ2) is 6.52. The van der Waals surface area contributed by atoms with Crippen LogP contribution >= 0.6 is 0 Å². The summed E-state index contributed by atoms with van der Waals surface area (Å²) in [5.74, 6) is -0.403. The number of amides is 1. The van der Waals surface area contributed by atoms with Gasteiger partial charge < -0.3 is 15.4 Å². The molecule has 3 unspecified atom stereocenters. The average Bonchev–Trinajstić information content (AvgIpc) is 2.91. The zero-order valence-corrected chi connectivity index (χ0v) is 11.8. The summed E-state index contributed by atoms with van der Waals surface area (Å²) >= 11 is 0. The largest absolute Gasteiger partial charge is 0.467 e. The Morgan fingerprint density at radius 3 is 2.55 bits per heavy atom. The lowest BCUT2D eigenvalue weighted by Crippen LogP contribution is -2.40. The molecule has 2 rings (SSSR count). The van der Waals surface area contributed by atoms with Gasteiger partial charge in [0.05, 0.1) is 13.0 Å². The van der Waals surface area contributed by atoms with Crippen molar-refractivity contribution in [3.63, 3.8) is 0 Å². The number of benzene rings is 1. The van der Waals surface area contributed by atoms with Crippen LogP contribution in [0.3, 0.4) is 0 Å². The Labute approximate surface area is 118 Å². The molecule has 5 heteroatoms. The average molecular weight is 276 g/mol. The molecular formula is C15H20N2O3. The molecule has 1 aliphatic rings. The maximum Gasteiger partial charge on any atom is 0.333 e. The van der Waals surface area contributed by atoms with Gasteiger partial charge in [-0.1, -0.05) is 37.3 Å². The number of hydrogen-bond donors (Lipinski definition) is 2. The summed E-state index contributed by atoms with van der Waals surface area (Å²) in [6, 6.07) is 8.38. The minimum atomic E-state index is -0.749. The van der Waals surface area contributed by atoms with Gasteiger partial charge in [-0.2, -0.15) is 0 Å². The minimum absolute atomic E-state index is 0.106. The number of esters is 1. The molecular weight excluding hydrogens is 256 g/mol. The third-order valence-electron chi connectivity index (χ3n) is 3.71. The number of rotatable bonds is 4. The van der Waals surface area contributed by atoms with Crippen LogP contribution < -0.4 is 10.6 Å². The fourth-order valence-electron chi connectivity index (χ4n) is 2.45.